The van der Waals surface area contributed by atoms with E-state index in [0.717, 1.165) is 17.5 Å². The fraction of sp³-hybridized carbons (Fsp3) is 0.100. The molecule has 0 N–H and O–H groups in total. The van der Waals surface area contributed by atoms with Gasteiger partial charge in [-0.2, -0.15) is 18.4 Å². The summed E-state index contributed by atoms with van der Waals surface area (Å²) in [7, 11) is 0. The minimum Gasteiger partial charge on any atom is -0.488 e. The topological polar surface area (TPSA) is 50.1 Å². The third-order valence-electron chi connectivity index (χ3n) is 3.99. The molecule has 0 heterocycles. The lowest BCUT2D eigenvalue weighted by atomic mass is 10.0. The highest BCUT2D eigenvalue weighted by atomic mass is 19.4. The van der Waals surface area contributed by atoms with Crippen molar-refractivity contribution in [3.05, 3.63) is 76.9 Å². The maximum absolute atomic E-state index is 12.8. The van der Waals surface area contributed by atoms with Gasteiger partial charge in [0.05, 0.1) is 22.8 Å². The van der Waals surface area contributed by atoms with Gasteiger partial charge < -0.3 is 4.74 Å². The molecule has 6 heteroatoms. The minimum absolute atomic E-state index is 0.117. The van der Waals surface area contributed by atoms with Crippen molar-refractivity contribution in [3.63, 3.8) is 0 Å². The monoisotopic (exact) mass is 355 g/mol. The molecule has 0 spiro atoms. The predicted octanol–water partition coefficient (Wildman–Crippen LogP) is 5.12. The van der Waals surface area contributed by atoms with E-state index in [2.05, 4.69) is 0 Å². The lowest BCUT2D eigenvalue weighted by Crippen LogP contribution is -2.07. The first-order chi connectivity index (χ1) is 12.4. The molecule has 0 bridgehead atoms. The van der Waals surface area contributed by atoms with E-state index in [1.54, 1.807) is 30.3 Å². The molecule has 0 saturated carbocycles. The fourth-order valence-corrected chi connectivity index (χ4v) is 2.66. The SMILES string of the molecule is N#Cc1cc(C(F)(F)F)ccc1COc1ccc2ccccc2c1C=O. The van der Waals surface area contributed by atoms with E-state index in [4.69, 9.17) is 10.00 Å². The van der Waals surface area contributed by atoms with Crippen molar-refractivity contribution in [2.24, 2.45) is 0 Å². The van der Waals surface area contributed by atoms with Crippen molar-refractivity contribution in [2.45, 2.75) is 12.8 Å². The highest BCUT2D eigenvalue weighted by Crippen LogP contribution is 2.31. The van der Waals surface area contributed by atoms with Crippen molar-refractivity contribution < 1.29 is 22.7 Å². The molecule has 0 radical (unpaired) electrons. The predicted molar refractivity (Wildman–Crippen MR) is 89.8 cm³/mol. The summed E-state index contributed by atoms with van der Waals surface area (Å²) in [6, 6.07) is 15.4. The quantitative estimate of drug-likeness (QED) is 0.610. The van der Waals surface area contributed by atoms with Crippen LogP contribution in [0.25, 0.3) is 10.8 Å². The summed E-state index contributed by atoms with van der Waals surface area (Å²) >= 11 is 0. The maximum atomic E-state index is 12.8. The minimum atomic E-state index is -4.52. The standard InChI is InChI=1S/C20H12F3NO2/c21-20(22,23)16-7-5-14(15(9-16)10-24)12-26-19-8-6-13-3-1-2-4-17(13)18(19)11-25/h1-9,11H,12H2. The lowest BCUT2D eigenvalue weighted by Gasteiger charge is -2.13. The van der Waals surface area contributed by atoms with Crippen LogP contribution in [-0.4, -0.2) is 6.29 Å². The van der Waals surface area contributed by atoms with E-state index in [0.29, 0.717) is 28.5 Å². The first kappa shape index (κ1) is 17.5. The summed E-state index contributed by atoms with van der Waals surface area (Å²) in [5.74, 6) is 0.308. The molecule has 0 aliphatic rings. The number of hydrogen-bond acceptors (Lipinski definition) is 3. The van der Waals surface area contributed by atoms with Crippen LogP contribution in [0, 0.1) is 11.3 Å². The maximum Gasteiger partial charge on any atom is 0.416 e. The summed E-state index contributed by atoms with van der Waals surface area (Å²) in [5, 5.41) is 10.7. The molecule has 0 atom stereocenters. The summed E-state index contributed by atoms with van der Waals surface area (Å²) in [5.41, 5.74) is -0.343. The molecular weight excluding hydrogens is 343 g/mol. The van der Waals surface area contributed by atoms with E-state index in [9.17, 15) is 18.0 Å². The highest BCUT2D eigenvalue weighted by molar-refractivity contribution is 6.00. The largest absolute Gasteiger partial charge is 0.488 e. The number of alkyl halides is 3. The van der Waals surface area contributed by atoms with Gasteiger partial charge in [-0.1, -0.05) is 36.4 Å². The summed E-state index contributed by atoms with van der Waals surface area (Å²) in [4.78, 5) is 11.5. The number of halogens is 3. The second kappa shape index (κ2) is 6.89. The Bertz CT molecular complexity index is 1020. The summed E-state index contributed by atoms with van der Waals surface area (Å²) < 4.78 is 43.9. The van der Waals surface area contributed by atoms with E-state index in [1.165, 1.54) is 6.07 Å². The van der Waals surface area contributed by atoms with Crippen molar-refractivity contribution >= 4 is 17.1 Å². The molecule has 0 unspecified atom stereocenters. The molecule has 3 nitrogen and oxygen atoms in total. The average molecular weight is 355 g/mol. The Morgan fingerprint density at radius 1 is 1.08 bits per heavy atom. The Morgan fingerprint density at radius 3 is 2.54 bits per heavy atom. The number of aldehydes is 1. The van der Waals surface area contributed by atoms with E-state index >= 15 is 0 Å². The number of carbonyl (C=O) groups excluding carboxylic acids is 1. The molecule has 26 heavy (non-hydrogen) atoms. The van der Waals surface area contributed by atoms with Crippen molar-refractivity contribution in [3.8, 4) is 11.8 Å². The van der Waals surface area contributed by atoms with Gasteiger partial charge in [-0.05, 0) is 29.0 Å². The Labute approximate surface area is 147 Å². The summed E-state index contributed by atoms with van der Waals surface area (Å²) in [6.07, 6.45) is -3.84. The Hall–Kier alpha value is -3.33. The smallest absolute Gasteiger partial charge is 0.416 e. The molecule has 0 aliphatic carbocycles. The third-order valence-corrected chi connectivity index (χ3v) is 3.99. The van der Waals surface area contributed by atoms with Crippen LogP contribution in [0.2, 0.25) is 0 Å². The molecule has 0 saturated heterocycles. The van der Waals surface area contributed by atoms with Gasteiger partial charge in [0.2, 0.25) is 0 Å². The van der Waals surface area contributed by atoms with E-state index < -0.39 is 11.7 Å². The van der Waals surface area contributed by atoms with Crippen molar-refractivity contribution in [1.29, 1.82) is 5.26 Å². The number of nitriles is 1. The van der Waals surface area contributed by atoms with Gasteiger partial charge in [-0.3, -0.25) is 4.79 Å². The Kier molecular flexibility index (Phi) is 4.63. The van der Waals surface area contributed by atoms with Crippen LogP contribution in [0.3, 0.4) is 0 Å². The Morgan fingerprint density at radius 2 is 1.85 bits per heavy atom. The first-order valence-electron chi connectivity index (χ1n) is 7.64. The first-order valence-corrected chi connectivity index (χ1v) is 7.64. The molecule has 0 aliphatic heterocycles. The van der Waals surface area contributed by atoms with Gasteiger partial charge in [0.25, 0.3) is 0 Å². The molecule has 0 fully saturated rings. The fourth-order valence-electron chi connectivity index (χ4n) is 2.66. The number of ether oxygens (including phenoxy) is 1. The van der Waals surface area contributed by atoms with Crippen LogP contribution in [-0.2, 0) is 12.8 Å². The second-order valence-electron chi connectivity index (χ2n) is 5.59. The molecule has 3 aromatic rings. The van der Waals surface area contributed by atoms with Gasteiger partial charge in [-0.25, -0.2) is 0 Å². The normalized spacial score (nSPS) is 11.2. The van der Waals surface area contributed by atoms with Crippen LogP contribution in [0.1, 0.15) is 27.0 Å². The Balaban J connectivity index is 1.91. The lowest BCUT2D eigenvalue weighted by molar-refractivity contribution is -0.137. The zero-order valence-electron chi connectivity index (χ0n) is 13.4. The van der Waals surface area contributed by atoms with Crippen LogP contribution in [0.15, 0.2) is 54.6 Å². The van der Waals surface area contributed by atoms with Gasteiger partial charge >= 0.3 is 6.18 Å². The molecule has 0 aromatic heterocycles. The van der Waals surface area contributed by atoms with E-state index in [-0.39, 0.29) is 12.2 Å². The van der Waals surface area contributed by atoms with Crippen LogP contribution in [0.4, 0.5) is 13.2 Å². The molecular formula is C20H12F3NO2. The van der Waals surface area contributed by atoms with E-state index in [1.807, 2.05) is 12.1 Å². The third kappa shape index (κ3) is 3.38. The van der Waals surface area contributed by atoms with Crippen LogP contribution < -0.4 is 4.74 Å². The van der Waals surface area contributed by atoms with Gasteiger partial charge in [0.15, 0.2) is 6.29 Å². The molecule has 3 rings (SSSR count). The van der Waals surface area contributed by atoms with Gasteiger partial charge in [-0.15, -0.1) is 0 Å². The summed E-state index contributed by atoms with van der Waals surface area (Å²) in [6.45, 7) is -0.125. The average Bonchev–Trinajstić information content (AvgIpc) is 2.64. The molecule has 0 amide bonds. The highest BCUT2D eigenvalue weighted by Gasteiger charge is 2.31. The second-order valence-corrected chi connectivity index (χ2v) is 5.59. The molecule has 3 aromatic carbocycles. The number of benzene rings is 3. The number of rotatable bonds is 4. The number of nitrogens with zero attached hydrogens (tertiary/aromatic N) is 1. The number of carbonyl (C=O) groups is 1. The number of fused-ring (bicyclic) bond motifs is 1. The zero-order chi connectivity index (χ0) is 18.7. The van der Waals surface area contributed by atoms with Crippen molar-refractivity contribution in [2.75, 3.05) is 0 Å². The molecule has 130 valence electrons. The van der Waals surface area contributed by atoms with Crippen LogP contribution >= 0.6 is 0 Å². The zero-order valence-corrected chi connectivity index (χ0v) is 13.4. The van der Waals surface area contributed by atoms with Crippen molar-refractivity contribution in [1.82, 2.24) is 0 Å². The van der Waals surface area contributed by atoms with Gasteiger partial charge in [0, 0.05) is 5.56 Å². The van der Waals surface area contributed by atoms with Crippen LogP contribution in [0.5, 0.6) is 5.75 Å². The number of hydrogen-bond donors (Lipinski definition) is 0. The van der Waals surface area contributed by atoms with Gasteiger partial charge in [0.1, 0.15) is 12.4 Å².